The molecule has 0 spiro atoms. The van der Waals surface area contributed by atoms with Crippen molar-refractivity contribution in [2.45, 2.75) is 6.54 Å². The predicted molar refractivity (Wildman–Crippen MR) is 125 cm³/mol. The lowest BCUT2D eigenvalue weighted by molar-refractivity contribution is 0.687. The normalized spacial score (nSPS) is 11.3. The Morgan fingerprint density at radius 2 is 2.00 bits per heavy atom. The van der Waals surface area contributed by atoms with E-state index in [0.29, 0.717) is 5.56 Å². The zero-order chi connectivity index (χ0) is 21.5. The molecule has 0 saturated heterocycles. The van der Waals surface area contributed by atoms with E-state index in [9.17, 15) is 0 Å². The Labute approximate surface area is 180 Å². The number of rotatable bonds is 5. The van der Waals surface area contributed by atoms with Crippen molar-refractivity contribution < 1.29 is 0 Å². The van der Waals surface area contributed by atoms with Gasteiger partial charge in [0.2, 0.25) is 0 Å². The van der Waals surface area contributed by atoms with E-state index in [-0.39, 0.29) is 5.84 Å². The molecule has 0 amide bonds. The molecule has 0 aliphatic heterocycles. The minimum Gasteiger partial charge on any atom is -0.384 e. The summed E-state index contributed by atoms with van der Waals surface area (Å²) in [6.45, 7) is 0.732. The van der Waals surface area contributed by atoms with Crippen molar-refractivity contribution in [2.24, 2.45) is 12.8 Å². The molecule has 0 radical (unpaired) electrons. The fourth-order valence-corrected chi connectivity index (χ4v) is 4.22. The Bertz CT molecular complexity index is 1390. The molecule has 9 heteroatoms. The van der Waals surface area contributed by atoms with Crippen molar-refractivity contribution in [2.75, 3.05) is 0 Å². The minimum atomic E-state index is 0.0250. The summed E-state index contributed by atoms with van der Waals surface area (Å²) in [5, 5.41) is 17.6. The molecule has 8 nitrogen and oxygen atoms in total. The second-order valence-corrected chi connectivity index (χ2v) is 7.94. The molecular weight excluding hydrogens is 407 g/mol. The van der Waals surface area contributed by atoms with E-state index in [4.69, 9.17) is 21.2 Å². The number of H-pyrrole nitrogens is 1. The van der Waals surface area contributed by atoms with Crippen LogP contribution in [0.1, 0.15) is 11.1 Å². The fourth-order valence-electron chi connectivity index (χ4n) is 3.67. The number of aromatic nitrogens is 6. The number of amidine groups is 1. The first-order valence-corrected chi connectivity index (χ1v) is 10.3. The van der Waals surface area contributed by atoms with Crippen molar-refractivity contribution in [3.8, 4) is 22.8 Å². The molecular formula is C22H21N8P. The smallest absolute Gasteiger partial charge is 0.157 e. The summed E-state index contributed by atoms with van der Waals surface area (Å²) in [5.74, 6) is 0.745. The summed E-state index contributed by atoms with van der Waals surface area (Å²) in [4.78, 5) is 8.07. The van der Waals surface area contributed by atoms with E-state index in [2.05, 4.69) is 43.6 Å². The molecule has 0 aliphatic carbocycles. The van der Waals surface area contributed by atoms with Gasteiger partial charge in [-0.3, -0.25) is 14.8 Å². The lowest BCUT2D eigenvalue weighted by atomic mass is 10.1. The second kappa shape index (κ2) is 7.49. The van der Waals surface area contributed by atoms with E-state index < -0.39 is 0 Å². The maximum atomic E-state index is 7.64. The molecule has 4 N–H and O–H groups in total. The molecule has 31 heavy (non-hydrogen) atoms. The van der Waals surface area contributed by atoms with Gasteiger partial charge in [0.05, 0.1) is 17.6 Å². The first-order chi connectivity index (χ1) is 15.0. The van der Waals surface area contributed by atoms with Crippen LogP contribution in [0.15, 0.2) is 60.9 Å². The van der Waals surface area contributed by atoms with Gasteiger partial charge in [-0.2, -0.15) is 10.2 Å². The van der Waals surface area contributed by atoms with Gasteiger partial charge in [-0.05, 0) is 29.8 Å². The van der Waals surface area contributed by atoms with Crippen LogP contribution in [0, 0.1) is 5.41 Å². The molecule has 154 valence electrons. The van der Waals surface area contributed by atoms with Crippen LogP contribution >= 0.6 is 9.24 Å². The van der Waals surface area contributed by atoms with Crippen molar-refractivity contribution >= 4 is 31.4 Å². The largest absolute Gasteiger partial charge is 0.384 e. The third kappa shape index (κ3) is 3.51. The van der Waals surface area contributed by atoms with Crippen LogP contribution in [0.25, 0.3) is 33.8 Å². The molecule has 5 aromatic rings. The average Bonchev–Trinajstić information content (AvgIpc) is 3.47. The van der Waals surface area contributed by atoms with Crippen LogP contribution in [-0.4, -0.2) is 35.4 Å². The van der Waals surface area contributed by atoms with Gasteiger partial charge in [-0.25, -0.2) is 4.98 Å². The highest BCUT2D eigenvalue weighted by Crippen LogP contribution is 2.26. The summed E-state index contributed by atoms with van der Waals surface area (Å²) in [5.41, 5.74) is 11.9. The number of nitrogen functional groups attached to an aromatic ring is 1. The molecule has 0 saturated carbocycles. The lowest BCUT2D eigenvalue weighted by Gasteiger charge is -2.04. The van der Waals surface area contributed by atoms with Gasteiger partial charge < -0.3 is 10.7 Å². The highest BCUT2D eigenvalue weighted by Gasteiger charge is 2.19. The number of hydrogen-bond donors (Lipinski definition) is 3. The van der Waals surface area contributed by atoms with Crippen LogP contribution in [-0.2, 0) is 13.6 Å². The zero-order valence-corrected chi connectivity index (χ0v) is 18.0. The molecule has 3 aromatic heterocycles. The molecule has 0 fully saturated rings. The molecule has 5 rings (SSSR count). The van der Waals surface area contributed by atoms with Crippen molar-refractivity contribution in [3.05, 3.63) is 72.1 Å². The zero-order valence-electron chi connectivity index (χ0n) is 16.9. The Morgan fingerprint density at radius 1 is 1.19 bits per heavy atom. The number of nitrogens with two attached hydrogens (primary N) is 1. The molecule has 1 atom stereocenters. The Hall–Kier alpha value is -3.77. The van der Waals surface area contributed by atoms with Crippen LogP contribution in [0.3, 0.4) is 0 Å². The SMILES string of the molecule is Cn1nc(-c2ccc(Cn3cccn3)cc2)c(P)c1-c1nc2cc(C(=N)N)ccc2[nH]1. The monoisotopic (exact) mass is 428 g/mol. The van der Waals surface area contributed by atoms with Gasteiger partial charge in [-0.15, -0.1) is 9.24 Å². The van der Waals surface area contributed by atoms with Crippen LogP contribution in [0.5, 0.6) is 0 Å². The van der Waals surface area contributed by atoms with Gasteiger partial charge in [0, 0.05) is 35.9 Å². The lowest BCUT2D eigenvalue weighted by Crippen LogP contribution is -2.10. The van der Waals surface area contributed by atoms with Gasteiger partial charge in [0.15, 0.2) is 5.82 Å². The predicted octanol–water partition coefficient (Wildman–Crippen LogP) is 2.66. The highest BCUT2D eigenvalue weighted by molar-refractivity contribution is 7.28. The van der Waals surface area contributed by atoms with Gasteiger partial charge in [0.1, 0.15) is 17.2 Å². The highest BCUT2D eigenvalue weighted by atomic mass is 31.0. The maximum absolute atomic E-state index is 7.64. The number of aryl methyl sites for hydroxylation is 1. The summed E-state index contributed by atoms with van der Waals surface area (Å²) in [6.07, 6.45) is 3.73. The fraction of sp³-hybridized carbons (Fsp3) is 0.0909. The number of nitrogens with one attached hydrogen (secondary N) is 2. The minimum absolute atomic E-state index is 0.0250. The number of aromatic amines is 1. The number of benzene rings is 2. The average molecular weight is 428 g/mol. The van der Waals surface area contributed by atoms with E-state index in [0.717, 1.165) is 45.7 Å². The number of nitrogens with zero attached hydrogens (tertiary/aromatic N) is 5. The van der Waals surface area contributed by atoms with E-state index in [1.807, 2.05) is 46.9 Å². The summed E-state index contributed by atoms with van der Waals surface area (Å²) < 4.78 is 3.73. The van der Waals surface area contributed by atoms with Crippen LogP contribution in [0.4, 0.5) is 0 Å². The molecule has 0 aliphatic rings. The number of hydrogen-bond acceptors (Lipinski definition) is 4. The summed E-state index contributed by atoms with van der Waals surface area (Å²) >= 11 is 0. The van der Waals surface area contributed by atoms with Crippen LogP contribution < -0.4 is 11.0 Å². The van der Waals surface area contributed by atoms with Crippen molar-refractivity contribution in [1.29, 1.82) is 5.41 Å². The number of fused-ring (bicyclic) bond motifs is 1. The van der Waals surface area contributed by atoms with Gasteiger partial charge in [0.25, 0.3) is 0 Å². The maximum Gasteiger partial charge on any atom is 0.157 e. The van der Waals surface area contributed by atoms with Crippen LogP contribution in [0.2, 0.25) is 0 Å². The van der Waals surface area contributed by atoms with Gasteiger partial charge in [-0.1, -0.05) is 24.3 Å². The summed E-state index contributed by atoms with van der Waals surface area (Å²) in [6, 6.07) is 15.8. The quantitative estimate of drug-likeness (QED) is 0.227. The summed E-state index contributed by atoms with van der Waals surface area (Å²) in [7, 11) is 4.71. The number of imidazole rings is 1. The Morgan fingerprint density at radius 3 is 2.71 bits per heavy atom. The Balaban J connectivity index is 1.49. The first-order valence-electron chi connectivity index (χ1n) is 9.73. The van der Waals surface area contributed by atoms with E-state index >= 15 is 0 Å². The molecule has 0 bridgehead atoms. The van der Waals surface area contributed by atoms with Crippen molar-refractivity contribution in [1.82, 2.24) is 29.5 Å². The third-order valence-electron chi connectivity index (χ3n) is 5.23. The van der Waals surface area contributed by atoms with Gasteiger partial charge >= 0.3 is 0 Å². The topological polar surface area (TPSA) is 114 Å². The Kier molecular flexibility index (Phi) is 4.64. The van der Waals surface area contributed by atoms with E-state index in [1.165, 1.54) is 5.56 Å². The van der Waals surface area contributed by atoms with E-state index in [1.54, 1.807) is 6.20 Å². The standard InChI is InChI=1S/C22H21N8P/c1-29-19(22-26-16-8-7-15(21(23)24)11-17(16)27-22)20(31)18(28-29)14-5-3-13(4-6-14)12-30-10-2-9-25-30/h2-11H,12,31H2,1H3,(H3,23,24)(H,26,27). The third-order valence-corrected chi connectivity index (χ3v) is 5.78. The van der Waals surface area contributed by atoms with Crippen molar-refractivity contribution in [3.63, 3.8) is 0 Å². The molecule has 1 unspecified atom stereocenters. The second-order valence-electron chi connectivity index (χ2n) is 7.37. The molecule has 3 heterocycles. The molecule has 2 aromatic carbocycles. The first kappa shape index (κ1) is 19.2.